The molecule has 4 rings (SSSR count). The minimum absolute atomic E-state index is 0.00159. The van der Waals surface area contributed by atoms with Gasteiger partial charge in [-0.05, 0) is 43.3 Å². The number of nitrogens with zero attached hydrogens (tertiary/aromatic N) is 3. The maximum atomic E-state index is 13.4. The molecule has 2 aliphatic rings. The summed E-state index contributed by atoms with van der Waals surface area (Å²) < 4.78 is 30.2. The summed E-state index contributed by atoms with van der Waals surface area (Å²) in [6, 6.07) is 13.4. The monoisotopic (exact) mass is 515 g/mol. The Morgan fingerprint density at radius 2 is 1.78 bits per heavy atom. The van der Waals surface area contributed by atoms with E-state index in [1.54, 1.807) is 12.1 Å². The Balaban J connectivity index is 1.31. The first-order valence-corrected chi connectivity index (χ1v) is 13.0. The van der Waals surface area contributed by atoms with Gasteiger partial charge in [0.25, 0.3) is 5.91 Å². The molecule has 0 saturated carbocycles. The number of carbonyl (C=O) groups is 1. The second-order valence-electron chi connectivity index (χ2n) is 9.74. The van der Waals surface area contributed by atoms with Crippen molar-refractivity contribution in [1.82, 2.24) is 14.7 Å². The lowest BCUT2D eigenvalue weighted by molar-refractivity contribution is -0.0545. The molecule has 0 unspecified atom stereocenters. The number of carbonyl (C=O) groups excluding carboxylic acids is 1. The van der Waals surface area contributed by atoms with E-state index in [-0.39, 0.29) is 24.4 Å². The van der Waals surface area contributed by atoms with Gasteiger partial charge in [0.05, 0.1) is 25.9 Å². The predicted octanol–water partition coefficient (Wildman–Crippen LogP) is 2.05. The van der Waals surface area contributed by atoms with Gasteiger partial charge in [-0.15, -0.1) is 0 Å². The average molecular weight is 516 g/mol. The van der Waals surface area contributed by atoms with Crippen molar-refractivity contribution in [1.29, 1.82) is 0 Å². The number of β-amino-alcohol motifs (C(OH)–C–C–N with tert-alkyl or cyclic N) is 1. The van der Waals surface area contributed by atoms with Crippen LogP contribution in [-0.2, 0) is 9.47 Å². The molecule has 0 spiro atoms. The summed E-state index contributed by atoms with van der Waals surface area (Å²) in [7, 11) is 0. The van der Waals surface area contributed by atoms with Crippen LogP contribution in [0.4, 0.5) is 4.39 Å². The number of benzene rings is 2. The first kappa shape index (κ1) is 27.5. The van der Waals surface area contributed by atoms with Crippen molar-refractivity contribution in [2.24, 2.45) is 0 Å². The van der Waals surface area contributed by atoms with E-state index in [2.05, 4.69) is 9.80 Å². The summed E-state index contributed by atoms with van der Waals surface area (Å²) in [5.74, 6) is 0.194. The number of hydrogen-bond donors (Lipinski definition) is 1. The van der Waals surface area contributed by atoms with E-state index < -0.39 is 6.10 Å². The molecule has 2 aromatic carbocycles. The first-order chi connectivity index (χ1) is 18.0. The second-order valence-corrected chi connectivity index (χ2v) is 9.74. The minimum Gasteiger partial charge on any atom is -0.491 e. The molecular weight excluding hydrogens is 477 g/mol. The Bertz CT molecular complexity index is 969. The van der Waals surface area contributed by atoms with Crippen molar-refractivity contribution in [3.05, 3.63) is 65.5 Å². The van der Waals surface area contributed by atoms with E-state index in [4.69, 9.17) is 14.2 Å². The molecule has 0 radical (unpaired) electrons. The third-order valence-corrected chi connectivity index (χ3v) is 6.75. The van der Waals surface area contributed by atoms with Gasteiger partial charge in [-0.3, -0.25) is 14.6 Å². The largest absolute Gasteiger partial charge is 0.491 e. The van der Waals surface area contributed by atoms with Gasteiger partial charge in [-0.2, -0.15) is 0 Å². The summed E-state index contributed by atoms with van der Waals surface area (Å²) in [5.41, 5.74) is 1.79. The molecule has 2 saturated heterocycles. The summed E-state index contributed by atoms with van der Waals surface area (Å²) in [5, 5.41) is 10.5. The number of hydrogen-bond acceptors (Lipinski definition) is 7. The van der Waals surface area contributed by atoms with Crippen molar-refractivity contribution in [2.75, 3.05) is 78.8 Å². The standard InChI is InChI=1S/C28H38FN3O5/c1-22-2-4-23(5-3-22)28(34)32(11-10-30-12-15-35-16-13-30)20-27-19-31(14-17-36-27)18-25(33)21-37-26-8-6-24(29)7-9-26/h2-9,25,27,33H,10-21H2,1H3/t25-,27+/m1/s1. The fourth-order valence-corrected chi connectivity index (χ4v) is 4.62. The Kier molecular flexibility index (Phi) is 10.3. The van der Waals surface area contributed by atoms with Crippen molar-refractivity contribution in [3.8, 4) is 5.75 Å². The van der Waals surface area contributed by atoms with Crippen LogP contribution in [0, 0.1) is 12.7 Å². The zero-order chi connectivity index (χ0) is 26.0. The number of halogens is 1. The maximum absolute atomic E-state index is 13.4. The molecule has 2 heterocycles. The highest BCUT2D eigenvalue weighted by Gasteiger charge is 2.27. The number of morpholine rings is 2. The SMILES string of the molecule is Cc1ccc(C(=O)N(CCN2CCOCC2)C[C@@H]2CN(C[C@@H](O)COc3ccc(F)cc3)CCO2)cc1. The summed E-state index contributed by atoms with van der Waals surface area (Å²) >= 11 is 0. The highest BCUT2D eigenvalue weighted by Crippen LogP contribution is 2.14. The average Bonchev–Trinajstić information content (AvgIpc) is 2.91. The van der Waals surface area contributed by atoms with Crippen LogP contribution in [0.2, 0.25) is 0 Å². The van der Waals surface area contributed by atoms with E-state index in [0.29, 0.717) is 50.6 Å². The number of aliphatic hydroxyl groups excluding tert-OH is 1. The van der Waals surface area contributed by atoms with Gasteiger partial charge < -0.3 is 24.2 Å². The molecular formula is C28H38FN3O5. The van der Waals surface area contributed by atoms with Gasteiger partial charge in [0.15, 0.2) is 0 Å². The smallest absolute Gasteiger partial charge is 0.253 e. The quantitative estimate of drug-likeness (QED) is 0.491. The Labute approximate surface area is 218 Å². The minimum atomic E-state index is -0.699. The number of aryl methyl sites for hydroxylation is 1. The molecule has 202 valence electrons. The van der Waals surface area contributed by atoms with Crippen molar-refractivity contribution in [2.45, 2.75) is 19.1 Å². The predicted molar refractivity (Wildman–Crippen MR) is 138 cm³/mol. The molecule has 8 nitrogen and oxygen atoms in total. The lowest BCUT2D eigenvalue weighted by atomic mass is 10.1. The molecule has 1 amide bonds. The zero-order valence-electron chi connectivity index (χ0n) is 21.6. The topological polar surface area (TPSA) is 74.7 Å². The highest BCUT2D eigenvalue weighted by molar-refractivity contribution is 5.94. The molecule has 2 aliphatic heterocycles. The van der Waals surface area contributed by atoms with Gasteiger partial charge in [-0.1, -0.05) is 17.7 Å². The number of amides is 1. The summed E-state index contributed by atoms with van der Waals surface area (Å²) in [4.78, 5) is 19.8. The third-order valence-electron chi connectivity index (χ3n) is 6.75. The first-order valence-electron chi connectivity index (χ1n) is 13.0. The Morgan fingerprint density at radius 1 is 1.08 bits per heavy atom. The second kappa shape index (κ2) is 13.8. The van der Waals surface area contributed by atoms with Crippen molar-refractivity contribution in [3.63, 3.8) is 0 Å². The van der Waals surface area contributed by atoms with Crippen molar-refractivity contribution < 1.29 is 28.5 Å². The Hall–Kier alpha value is -2.56. The van der Waals surface area contributed by atoms with Crippen LogP contribution in [0.1, 0.15) is 15.9 Å². The van der Waals surface area contributed by atoms with Crippen LogP contribution in [-0.4, -0.2) is 117 Å². The molecule has 0 aromatic heterocycles. The van der Waals surface area contributed by atoms with Crippen LogP contribution in [0.3, 0.4) is 0 Å². The number of aliphatic hydroxyl groups is 1. The van der Waals surface area contributed by atoms with Gasteiger partial charge in [0, 0.05) is 57.9 Å². The van der Waals surface area contributed by atoms with E-state index >= 15 is 0 Å². The molecule has 2 aromatic rings. The lowest BCUT2D eigenvalue weighted by Gasteiger charge is -2.37. The number of ether oxygens (including phenoxy) is 3. The van der Waals surface area contributed by atoms with Crippen LogP contribution in [0.5, 0.6) is 5.75 Å². The van der Waals surface area contributed by atoms with Gasteiger partial charge in [-0.25, -0.2) is 4.39 Å². The van der Waals surface area contributed by atoms with Crippen molar-refractivity contribution >= 4 is 5.91 Å². The molecule has 2 atom stereocenters. The van der Waals surface area contributed by atoms with Crippen LogP contribution < -0.4 is 4.74 Å². The molecule has 37 heavy (non-hydrogen) atoms. The van der Waals surface area contributed by atoms with Crippen LogP contribution in [0.25, 0.3) is 0 Å². The van der Waals surface area contributed by atoms with E-state index in [1.165, 1.54) is 12.1 Å². The normalized spacial score (nSPS) is 19.9. The van der Waals surface area contributed by atoms with Crippen LogP contribution >= 0.6 is 0 Å². The Morgan fingerprint density at radius 3 is 2.51 bits per heavy atom. The zero-order valence-corrected chi connectivity index (χ0v) is 21.6. The van der Waals surface area contributed by atoms with Crippen LogP contribution in [0.15, 0.2) is 48.5 Å². The van der Waals surface area contributed by atoms with E-state index in [1.807, 2.05) is 36.1 Å². The van der Waals surface area contributed by atoms with E-state index in [9.17, 15) is 14.3 Å². The molecule has 2 fully saturated rings. The van der Waals surface area contributed by atoms with Gasteiger partial charge >= 0.3 is 0 Å². The fraction of sp³-hybridized carbons (Fsp3) is 0.536. The van der Waals surface area contributed by atoms with E-state index in [0.717, 1.165) is 38.4 Å². The number of rotatable bonds is 11. The maximum Gasteiger partial charge on any atom is 0.253 e. The summed E-state index contributed by atoms with van der Waals surface area (Å²) in [6.45, 7) is 9.47. The third kappa shape index (κ3) is 8.76. The molecule has 0 aliphatic carbocycles. The van der Waals surface area contributed by atoms with Gasteiger partial charge in [0.1, 0.15) is 24.3 Å². The van der Waals surface area contributed by atoms with Gasteiger partial charge in [0.2, 0.25) is 0 Å². The molecule has 0 bridgehead atoms. The molecule has 9 heteroatoms. The highest BCUT2D eigenvalue weighted by atomic mass is 19.1. The lowest BCUT2D eigenvalue weighted by Crippen LogP contribution is -2.52. The fourth-order valence-electron chi connectivity index (χ4n) is 4.62. The summed E-state index contributed by atoms with van der Waals surface area (Å²) in [6.07, 6.45) is -0.853. The molecule has 1 N–H and O–H groups in total.